The van der Waals surface area contributed by atoms with Crippen molar-refractivity contribution in [3.8, 4) is 0 Å². The summed E-state index contributed by atoms with van der Waals surface area (Å²) in [4.78, 5) is 0. The Balaban J connectivity index is -0.0000000104. The van der Waals surface area contributed by atoms with Crippen LogP contribution < -0.4 is 0 Å². The first-order valence-corrected chi connectivity index (χ1v) is 48.0. The summed E-state index contributed by atoms with van der Waals surface area (Å²) in [7, 11) is -4.89. The number of hydrogen-bond donors (Lipinski definition) is 0. The lowest BCUT2D eigenvalue weighted by Crippen LogP contribution is -2.10. The molecule has 0 aromatic heterocycles. The summed E-state index contributed by atoms with van der Waals surface area (Å²) in [6.45, 7) is 74.4. The molecule has 0 spiro atoms. The first-order chi connectivity index (χ1) is 16.0. The fraction of sp³-hybridized carbons (Fsp3) is 1.00. The first-order valence-electron chi connectivity index (χ1n) is 16.0. The van der Waals surface area contributed by atoms with Crippen molar-refractivity contribution in [2.45, 2.75) is 313 Å². The quantitative estimate of drug-likeness (QED) is 0.212. The van der Waals surface area contributed by atoms with Crippen LogP contribution in [0.25, 0.3) is 0 Å². The van der Waals surface area contributed by atoms with Gasteiger partial charge in [-0.05, 0) is 0 Å². The summed E-state index contributed by atoms with van der Waals surface area (Å²) in [5, 5.41) is 0. The molecule has 0 heterocycles. The Morgan fingerprint density at radius 1 is 0.0926 bits per heavy atom. The summed E-state index contributed by atoms with van der Waals surface area (Å²) < 4.78 is 0. The Morgan fingerprint density at radius 2 is 0.0926 bits per heavy atom. The first kappa shape index (κ1) is 147. The lowest BCUT2D eigenvalue weighted by molar-refractivity contribution is 1.71. The zero-order valence-electron chi connectivity index (χ0n) is 36.0. The van der Waals surface area contributed by atoms with Crippen LogP contribution in [0.2, 0.25) is 210 Å². The van der Waals surface area contributed by atoms with E-state index in [1.807, 2.05) is 0 Å². The molecule has 368 valence electrons. The smallest absolute Gasteiger partial charge is 0.0411 e. The minimum Gasteiger partial charge on any atom is -0.0776 e. The van der Waals surface area contributed by atoms with Crippen LogP contribution in [0.5, 0.6) is 0 Å². The van der Waals surface area contributed by atoms with Crippen molar-refractivity contribution in [2.75, 3.05) is 0 Å². The van der Waals surface area contributed by atoms with Gasteiger partial charge in [0, 0.05) is 64.6 Å². The maximum Gasteiger partial charge on any atom is 0.0411 e. The monoisotopic (exact) mass is 929 g/mol. The molecule has 0 rings (SSSR count). The fourth-order valence-electron chi connectivity index (χ4n) is 0. The summed E-state index contributed by atoms with van der Waals surface area (Å²) in [6.07, 6.45) is 0. The topological polar surface area (TPSA) is 0 Å². The SMILES string of the molecule is C.C.C.C.C.C.C.C.C.C.C.C.C.C.C[Si](C)(C)C.C[Si](C)(C)C.C[Si](C)(C)C.C[Si](C)(C)C.C[Si](C)(C)C.C[Si](C)(C)C.C[Si](C)(C)C.C[Si](C)(C)C. The van der Waals surface area contributed by atoms with Gasteiger partial charge in [-0.2, -0.15) is 0 Å². The van der Waals surface area contributed by atoms with Gasteiger partial charge in [0.1, 0.15) is 0 Å². The molecule has 0 aliphatic rings. The molecule has 0 aromatic carbocycles. The lowest BCUT2D eigenvalue weighted by atomic mass is 11.8. The second-order valence-corrected chi connectivity index (χ2v) is 72.0. The second kappa shape index (κ2) is 63.9. The predicted molar refractivity (Wildman–Crippen MR) is 328 cm³/mol. The van der Waals surface area contributed by atoms with Crippen LogP contribution in [-0.4, -0.2) is 64.6 Å². The highest BCUT2D eigenvalue weighted by atomic mass is 28.3. The highest BCUT2D eigenvalue weighted by Gasteiger charge is 2.02. The predicted octanol–water partition coefficient (Wildman–Crippen LogP) is 24.5. The van der Waals surface area contributed by atoms with Gasteiger partial charge in [0.15, 0.2) is 0 Å². The number of hydrogen-bond acceptors (Lipinski definition) is 0. The Morgan fingerprint density at radius 3 is 0.0926 bits per heavy atom. The average molecular weight is 930 g/mol. The van der Waals surface area contributed by atoms with E-state index >= 15 is 0 Å². The molecule has 54 heavy (non-hydrogen) atoms. The zero-order chi connectivity index (χ0) is 36.0. The van der Waals surface area contributed by atoms with E-state index in [0.29, 0.717) is 0 Å². The van der Waals surface area contributed by atoms with Gasteiger partial charge in [-0.25, -0.2) is 0 Å². The van der Waals surface area contributed by atoms with Gasteiger partial charge in [0.25, 0.3) is 0 Å². The van der Waals surface area contributed by atoms with Crippen molar-refractivity contribution in [1.29, 1.82) is 0 Å². The van der Waals surface area contributed by atoms with Crippen molar-refractivity contribution in [3.05, 3.63) is 0 Å². The summed E-state index contributed by atoms with van der Waals surface area (Å²) >= 11 is 0. The van der Waals surface area contributed by atoms with E-state index in [9.17, 15) is 0 Å². The second-order valence-electron chi connectivity index (χ2n) is 24.0. The molecule has 0 saturated carbocycles. The van der Waals surface area contributed by atoms with Gasteiger partial charge in [0.2, 0.25) is 0 Å². The maximum atomic E-state index is 2.33. The lowest BCUT2D eigenvalue weighted by Gasteiger charge is -2.01. The van der Waals surface area contributed by atoms with Gasteiger partial charge in [-0.15, -0.1) is 0 Å². The van der Waals surface area contributed by atoms with E-state index in [1.54, 1.807) is 0 Å². The number of rotatable bonds is 0. The molecule has 0 radical (unpaired) electrons. The third kappa shape index (κ3) is 49600. The third-order valence-electron chi connectivity index (χ3n) is 0. The molecule has 0 aliphatic carbocycles. The highest BCUT2D eigenvalue weighted by Crippen LogP contribution is 1.97. The van der Waals surface area contributed by atoms with E-state index in [4.69, 9.17) is 0 Å². The molecule has 0 atom stereocenters. The summed E-state index contributed by atoms with van der Waals surface area (Å²) in [6, 6.07) is 0. The largest absolute Gasteiger partial charge is 0.0776 e. The highest BCUT2D eigenvalue weighted by molar-refractivity contribution is 6.76. The van der Waals surface area contributed by atoms with Crippen molar-refractivity contribution < 1.29 is 0 Å². The molecular formula is C46H152Si8. The standard InChI is InChI=1S/8C4H12Si.14CH4/c8*1-5(2,3)4;;;;;;;;;;;;;;/h8*1-4H3;14*1H4. The van der Waals surface area contributed by atoms with Crippen LogP contribution in [-0.2, 0) is 0 Å². The Labute approximate surface area is 375 Å². The van der Waals surface area contributed by atoms with Gasteiger partial charge in [-0.1, -0.05) is 313 Å². The third-order valence-corrected chi connectivity index (χ3v) is 0. The van der Waals surface area contributed by atoms with Crippen LogP contribution in [0.3, 0.4) is 0 Å². The summed E-state index contributed by atoms with van der Waals surface area (Å²) in [5.74, 6) is 0. The van der Waals surface area contributed by atoms with Crippen LogP contribution in [0.4, 0.5) is 0 Å². The molecule has 0 nitrogen and oxygen atoms in total. The van der Waals surface area contributed by atoms with Crippen LogP contribution in [0.1, 0.15) is 104 Å². The van der Waals surface area contributed by atoms with E-state index in [0.717, 1.165) is 0 Å². The van der Waals surface area contributed by atoms with Crippen molar-refractivity contribution in [2.24, 2.45) is 0 Å². The minimum atomic E-state index is -0.611. The van der Waals surface area contributed by atoms with E-state index < -0.39 is 64.6 Å². The molecule has 0 aromatic rings. The van der Waals surface area contributed by atoms with Gasteiger partial charge in [0.05, 0.1) is 0 Å². The molecule has 0 saturated heterocycles. The molecule has 0 bridgehead atoms. The van der Waals surface area contributed by atoms with Crippen LogP contribution in [0.15, 0.2) is 0 Å². The fourth-order valence-corrected chi connectivity index (χ4v) is 0. The Hall–Kier alpha value is 1.74. The zero-order valence-corrected chi connectivity index (χ0v) is 44.0. The van der Waals surface area contributed by atoms with Crippen molar-refractivity contribution in [1.82, 2.24) is 0 Å². The molecule has 0 unspecified atom stereocenters. The Kier molecular flexibility index (Phi) is 174. The average Bonchev–Trinajstić information content (AvgIpc) is 2.16. The minimum absolute atomic E-state index is 0. The van der Waals surface area contributed by atoms with E-state index in [2.05, 4.69) is 210 Å². The van der Waals surface area contributed by atoms with Crippen LogP contribution >= 0.6 is 0 Å². The van der Waals surface area contributed by atoms with Gasteiger partial charge in [-0.3, -0.25) is 0 Å². The van der Waals surface area contributed by atoms with Crippen molar-refractivity contribution >= 4 is 64.6 Å². The van der Waals surface area contributed by atoms with Gasteiger partial charge >= 0.3 is 0 Å². The van der Waals surface area contributed by atoms with Gasteiger partial charge < -0.3 is 0 Å². The molecular weight excluding hydrogens is 777 g/mol. The molecule has 0 aliphatic heterocycles. The molecule has 0 amide bonds. The molecule has 0 N–H and O–H groups in total. The van der Waals surface area contributed by atoms with Crippen molar-refractivity contribution in [3.63, 3.8) is 0 Å². The summed E-state index contributed by atoms with van der Waals surface area (Å²) in [5.41, 5.74) is 0. The maximum absolute atomic E-state index is 2.33. The molecule has 0 fully saturated rings. The molecule has 8 heteroatoms. The van der Waals surface area contributed by atoms with E-state index in [1.165, 1.54) is 0 Å². The van der Waals surface area contributed by atoms with Crippen LogP contribution in [0, 0.1) is 0 Å². The van der Waals surface area contributed by atoms with E-state index in [-0.39, 0.29) is 104 Å². The Bertz CT molecular complexity index is 301. The normalized spacial score (nSPS) is 8.89.